The average molecular weight is 297 g/mol. The molecule has 1 unspecified atom stereocenters. The SMILES string of the molecule is CC(Sc1nccn1C)C(=O)N1CCC(C(=O)O)CC1. The molecule has 2 heterocycles. The maximum atomic E-state index is 12.3. The highest BCUT2D eigenvalue weighted by molar-refractivity contribution is 8.00. The minimum Gasteiger partial charge on any atom is -0.481 e. The molecular formula is C13H19N3O3S. The van der Waals surface area contributed by atoms with Crippen LogP contribution in [0.5, 0.6) is 0 Å². The standard InChI is InChI=1S/C13H19N3O3S/c1-9(20-13-14-5-8-15(13)2)11(17)16-6-3-10(4-7-16)12(18)19/h5,8-10H,3-4,6-7H2,1-2H3,(H,18,19). The number of carbonyl (C=O) groups excluding carboxylic acids is 1. The Morgan fingerprint density at radius 1 is 1.45 bits per heavy atom. The zero-order valence-electron chi connectivity index (χ0n) is 11.7. The molecule has 0 spiro atoms. The molecule has 2 rings (SSSR count). The lowest BCUT2D eigenvalue weighted by atomic mass is 9.97. The third-order valence-corrected chi connectivity index (χ3v) is 4.72. The Bertz CT molecular complexity index is 495. The fourth-order valence-electron chi connectivity index (χ4n) is 2.28. The molecule has 1 aromatic rings. The molecule has 110 valence electrons. The van der Waals surface area contributed by atoms with Crippen molar-refractivity contribution in [1.29, 1.82) is 0 Å². The van der Waals surface area contributed by atoms with Gasteiger partial charge in [0.1, 0.15) is 0 Å². The Morgan fingerprint density at radius 2 is 2.10 bits per heavy atom. The topological polar surface area (TPSA) is 75.4 Å². The van der Waals surface area contributed by atoms with Gasteiger partial charge < -0.3 is 14.6 Å². The molecule has 0 saturated carbocycles. The Hall–Kier alpha value is -1.50. The van der Waals surface area contributed by atoms with Crippen LogP contribution in [-0.4, -0.2) is 49.8 Å². The van der Waals surface area contributed by atoms with Crippen LogP contribution in [0.4, 0.5) is 0 Å². The largest absolute Gasteiger partial charge is 0.481 e. The summed E-state index contributed by atoms with van der Waals surface area (Å²) in [6.07, 6.45) is 4.64. The quantitative estimate of drug-likeness (QED) is 0.846. The Balaban J connectivity index is 1.88. The molecule has 1 aliphatic heterocycles. The van der Waals surface area contributed by atoms with Crippen LogP contribution in [0.2, 0.25) is 0 Å². The van der Waals surface area contributed by atoms with Gasteiger partial charge in [-0.3, -0.25) is 9.59 Å². The van der Waals surface area contributed by atoms with Crippen LogP contribution in [0.15, 0.2) is 17.6 Å². The minimum atomic E-state index is -0.757. The number of piperidine rings is 1. The van der Waals surface area contributed by atoms with Crippen LogP contribution >= 0.6 is 11.8 Å². The Kier molecular flexibility index (Phi) is 4.69. The van der Waals surface area contributed by atoms with Gasteiger partial charge in [0.25, 0.3) is 0 Å². The first-order valence-electron chi connectivity index (χ1n) is 6.64. The summed E-state index contributed by atoms with van der Waals surface area (Å²) in [5.74, 6) is -1.01. The zero-order chi connectivity index (χ0) is 14.7. The first-order valence-corrected chi connectivity index (χ1v) is 7.52. The van der Waals surface area contributed by atoms with E-state index in [1.54, 1.807) is 11.1 Å². The highest BCUT2D eigenvalue weighted by atomic mass is 32.2. The number of thioether (sulfide) groups is 1. The molecule has 0 radical (unpaired) electrons. The summed E-state index contributed by atoms with van der Waals surface area (Å²) in [5, 5.41) is 9.56. The summed E-state index contributed by atoms with van der Waals surface area (Å²) in [4.78, 5) is 29.2. The number of carboxylic acids is 1. The van der Waals surface area contributed by atoms with Crippen molar-refractivity contribution in [2.24, 2.45) is 13.0 Å². The van der Waals surface area contributed by atoms with Gasteiger partial charge in [-0.15, -0.1) is 0 Å². The number of aryl methyl sites for hydroxylation is 1. The predicted octanol–water partition coefficient (Wildman–Crippen LogP) is 1.22. The lowest BCUT2D eigenvalue weighted by Crippen LogP contribution is -2.43. The number of aromatic nitrogens is 2. The van der Waals surface area contributed by atoms with Crippen molar-refractivity contribution in [3.8, 4) is 0 Å². The average Bonchev–Trinajstić information content (AvgIpc) is 2.83. The monoisotopic (exact) mass is 297 g/mol. The van der Waals surface area contributed by atoms with Crippen molar-refractivity contribution in [1.82, 2.24) is 14.5 Å². The summed E-state index contributed by atoms with van der Waals surface area (Å²) in [7, 11) is 1.89. The maximum Gasteiger partial charge on any atom is 0.306 e. The van der Waals surface area contributed by atoms with Crippen molar-refractivity contribution in [3.63, 3.8) is 0 Å². The molecule has 20 heavy (non-hydrogen) atoms. The van der Waals surface area contributed by atoms with E-state index in [0.29, 0.717) is 25.9 Å². The summed E-state index contributed by atoms with van der Waals surface area (Å²) in [6.45, 7) is 2.92. The maximum absolute atomic E-state index is 12.3. The van der Waals surface area contributed by atoms with Crippen LogP contribution in [0.1, 0.15) is 19.8 Å². The third kappa shape index (κ3) is 3.33. The smallest absolute Gasteiger partial charge is 0.306 e. The van der Waals surface area contributed by atoms with E-state index in [1.807, 2.05) is 24.7 Å². The molecule has 0 bridgehead atoms. The lowest BCUT2D eigenvalue weighted by molar-refractivity contribution is -0.145. The van der Waals surface area contributed by atoms with Gasteiger partial charge >= 0.3 is 5.97 Å². The van der Waals surface area contributed by atoms with Gasteiger partial charge in [0.2, 0.25) is 5.91 Å². The summed E-state index contributed by atoms with van der Waals surface area (Å²) in [5.41, 5.74) is 0. The Morgan fingerprint density at radius 3 is 2.60 bits per heavy atom. The lowest BCUT2D eigenvalue weighted by Gasteiger charge is -2.31. The second-order valence-electron chi connectivity index (χ2n) is 5.02. The molecule has 1 atom stereocenters. The first kappa shape index (κ1) is 14.9. The van der Waals surface area contributed by atoms with E-state index in [9.17, 15) is 9.59 Å². The Labute approximate surface area is 122 Å². The van der Waals surface area contributed by atoms with Crippen LogP contribution in [0.3, 0.4) is 0 Å². The summed E-state index contributed by atoms with van der Waals surface area (Å²) >= 11 is 1.43. The number of carbonyl (C=O) groups is 2. The summed E-state index contributed by atoms with van der Waals surface area (Å²) in [6, 6.07) is 0. The molecule has 0 aliphatic carbocycles. The number of imidazole rings is 1. The van der Waals surface area contributed by atoms with E-state index in [-0.39, 0.29) is 17.1 Å². The van der Waals surface area contributed by atoms with E-state index in [2.05, 4.69) is 4.98 Å². The van der Waals surface area contributed by atoms with Crippen molar-refractivity contribution < 1.29 is 14.7 Å². The molecule has 0 aromatic carbocycles. The van der Waals surface area contributed by atoms with Crippen LogP contribution < -0.4 is 0 Å². The van der Waals surface area contributed by atoms with E-state index >= 15 is 0 Å². The van der Waals surface area contributed by atoms with Gasteiger partial charge in [0, 0.05) is 32.5 Å². The molecule has 1 amide bonds. The molecule has 1 saturated heterocycles. The normalized spacial score (nSPS) is 18.0. The zero-order valence-corrected chi connectivity index (χ0v) is 12.5. The molecule has 1 aromatic heterocycles. The van der Waals surface area contributed by atoms with Gasteiger partial charge in [-0.1, -0.05) is 11.8 Å². The molecule has 1 N–H and O–H groups in total. The van der Waals surface area contributed by atoms with Gasteiger partial charge in [-0.2, -0.15) is 0 Å². The van der Waals surface area contributed by atoms with Gasteiger partial charge in [-0.25, -0.2) is 4.98 Å². The predicted molar refractivity (Wildman–Crippen MR) is 75.5 cm³/mol. The highest BCUT2D eigenvalue weighted by Gasteiger charge is 2.29. The van der Waals surface area contributed by atoms with Gasteiger partial charge in [0.15, 0.2) is 5.16 Å². The van der Waals surface area contributed by atoms with Gasteiger partial charge in [0.05, 0.1) is 11.2 Å². The third-order valence-electron chi connectivity index (χ3n) is 3.56. The fraction of sp³-hybridized carbons (Fsp3) is 0.615. The number of rotatable bonds is 4. The second kappa shape index (κ2) is 6.30. The summed E-state index contributed by atoms with van der Waals surface area (Å²) < 4.78 is 1.88. The van der Waals surface area contributed by atoms with E-state index in [0.717, 1.165) is 5.16 Å². The minimum absolute atomic E-state index is 0.0573. The van der Waals surface area contributed by atoms with Crippen LogP contribution in [-0.2, 0) is 16.6 Å². The fourth-order valence-corrected chi connectivity index (χ4v) is 3.19. The second-order valence-corrected chi connectivity index (χ2v) is 6.33. The number of amides is 1. The molecule has 1 fully saturated rings. The van der Waals surface area contributed by atoms with E-state index in [1.165, 1.54) is 11.8 Å². The van der Waals surface area contributed by atoms with Gasteiger partial charge in [-0.05, 0) is 19.8 Å². The van der Waals surface area contributed by atoms with Crippen molar-refractivity contribution in [3.05, 3.63) is 12.4 Å². The molecule has 7 heteroatoms. The van der Waals surface area contributed by atoms with Crippen molar-refractivity contribution in [2.45, 2.75) is 30.2 Å². The van der Waals surface area contributed by atoms with E-state index < -0.39 is 5.97 Å². The molecule has 1 aliphatic rings. The number of nitrogens with zero attached hydrogens (tertiary/aromatic N) is 3. The van der Waals surface area contributed by atoms with Crippen LogP contribution in [0.25, 0.3) is 0 Å². The molecule has 6 nitrogen and oxygen atoms in total. The van der Waals surface area contributed by atoms with Crippen molar-refractivity contribution >= 4 is 23.6 Å². The van der Waals surface area contributed by atoms with Crippen LogP contribution in [0, 0.1) is 5.92 Å². The number of likely N-dealkylation sites (tertiary alicyclic amines) is 1. The van der Waals surface area contributed by atoms with E-state index in [4.69, 9.17) is 5.11 Å². The number of aliphatic carboxylic acids is 1. The number of hydrogen-bond acceptors (Lipinski definition) is 4. The highest BCUT2D eigenvalue weighted by Crippen LogP contribution is 2.24. The number of hydrogen-bond donors (Lipinski definition) is 1. The first-order chi connectivity index (χ1) is 9.49. The van der Waals surface area contributed by atoms with Crippen molar-refractivity contribution in [2.75, 3.05) is 13.1 Å². The molecular weight excluding hydrogens is 278 g/mol. The number of carboxylic acid groups (broad SMARTS) is 1.